The molecule has 1 aliphatic rings. The van der Waals surface area contributed by atoms with E-state index in [4.69, 9.17) is 4.74 Å². The van der Waals surface area contributed by atoms with Gasteiger partial charge in [0.15, 0.2) is 0 Å². The lowest BCUT2D eigenvalue weighted by molar-refractivity contribution is -0.128. The number of ether oxygens (including phenoxy) is 1. The number of amides is 3. The first-order valence-corrected chi connectivity index (χ1v) is 10.8. The van der Waals surface area contributed by atoms with Gasteiger partial charge in [0.25, 0.3) is 11.8 Å². The number of benzene rings is 2. The molecule has 0 bridgehead atoms. The maximum atomic E-state index is 13.4. The van der Waals surface area contributed by atoms with Crippen molar-refractivity contribution in [3.63, 3.8) is 0 Å². The molecule has 0 fully saturated rings. The Morgan fingerprint density at radius 2 is 1.59 bits per heavy atom. The first-order valence-electron chi connectivity index (χ1n) is 10.8. The van der Waals surface area contributed by atoms with Crippen LogP contribution in [0.1, 0.15) is 53.0 Å². The highest BCUT2D eigenvalue weighted by Crippen LogP contribution is 2.40. The molecule has 32 heavy (non-hydrogen) atoms. The molecule has 3 amide bonds. The van der Waals surface area contributed by atoms with Crippen molar-refractivity contribution in [3.05, 3.63) is 54.1 Å². The summed E-state index contributed by atoms with van der Waals surface area (Å²) in [7, 11) is 0. The second kappa shape index (κ2) is 9.02. The lowest BCUT2D eigenvalue weighted by atomic mass is 9.92. The van der Waals surface area contributed by atoms with Crippen LogP contribution in [0.2, 0.25) is 0 Å². The van der Waals surface area contributed by atoms with Crippen LogP contribution in [-0.2, 0) is 14.3 Å². The molecule has 0 radical (unpaired) electrons. The van der Waals surface area contributed by atoms with Gasteiger partial charge in [0.2, 0.25) is 0 Å². The van der Waals surface area contributed by atoms with E-state index in [1.165, 1.54) is 5.01 Å². The van der Waals surface area contributed by atoms with E-state index in [1.807, 2.05) is 63.2 Å². The molecule has 1 heterocycles. The van der Waals surface area contributed by atoms with Crippen LogP contribution >= 0.6 is 0 Å². The molecule has 2 aromatic carbocycles. The van der Waals surface area contributed by atoms with Gasteiger partial charge in [-0.1, -0.05) is 56.3 Å². The predicted octanol–water partition coefficient (Wildman–Crippen LogP) is 4.38. The van der Waals surface area contributed by atoms with Crippen molar-refractivity contribution in [2.24, 2.45) is 5.92 Å². The van der Waals surface area contributed by atoms with Crippen LogP contribution in [-0.4, -0.2) is 29.6 Å². The highest BCUT2D eigenvalue weighted by Gasteiger charge is 2.35. The van der Waals surface area contributed by atoms with Crippen molar-refractivity contribution in [1.29, 1.82) is 0 Å². The van der Waals surface area contributed by atoms with E-state index in [-0.39, 0.29) is 11.8 Å². The van der Waals surface area contributed by atoms with Crippen LogP contribution in [0.4, 0.5) is 10.5 Å². The number of anilines is 1. The zero-order chi connectivity index (χ0) is 23.6. The van der Waals surface area contributed by atoms with E-state index < -0.39 is 29.6 Å². The molecule has 0 saturated heterocycles. The third-order valence-electron chi connectivity index (χ3n) is 5.30. The van der Waals surface area contributed by atoms with Crippen molar-refractivity contribution >= 4 is 23.6 Å². The van der Waals surface area contributed by atoms with Crippen molar-refractivity contribution in [2.75, 3.05) is 5.01 Å². The molecule has 1 aliphatic heterocycles. The maximum Gasteiger partial charge on any atom is 0.408 e. The number of hydrazine groups is 1. The summed E-state index contributed by atoms with van der Waals surface area (Å²) in [6.45, 7) is 10.7. The molecule has 7 nitrogen and oxygen atoms in total. The minimum Gasteiger partial charge on any atom is -0.444 e. The topological polar surface area (TPSA) is 87.7 Å². The van der Waals surface area contributed by atoms with Crippen molar-refractivity contribution in [2.45, 2.75) is 59.1 Å². The first-order chi connectivity index (χ1) is 15.0. The Bertz CT molecular complexity index is 1030. The monoisotopic (exact) mass is 437 g/mol. The van der Waals surface area contributed by atoms with E-state index in [1.54, 1.807) is 26.8 Å². The number of alkyl carbamates (subject to hydrolysis) is 1. The molecule has 7 heteroatoms. The molecular formula is C25H31N3O4. The van der Waals surface area contributed by atoms with Gasteiger partial charge in [0.05, 0.1) is 11.6 Å². The average Bonchev–Trinajstić information content (AvgIpc) is 2.80. The summed E-state index contributed by atoms with van der Waals surface area (Å²) < 4.78 is 5.30. The second-order valence-electron chi connectivity index (χ2n) is 9.34. The number of nitrogens with one attached hydrogen (secondary N) is 2. The number of hydrogen-bond donors (Lipinski definition) is 2. The van der Waals surface area contributed by atoms with Gasteiger partial charge in [-0.05, 0) is 50.8 Å². The Morgan fingerprint density at radius 1 is 1.00 bits per heavy atom. The molecule has 0 saturated carbocycles. The Labute approximate surface area is 189 Å². The minimum absolute atomic E-state index is 0.227. The SMILES string of the molecule is CC(C)[C@H](NC(=O)OC(C)(C)C)C(=O)NN1C(=O)[C@H](C)c2ccccc2-c2ccccc21. The van der Waals surface area contributed by atoms with Crippen molar-refractivity contribution in [1.82, 2.24) is 10.7 Å². The summed E-state index contributed by atoms with van der Waals surface area (Å²) in [6.07, 6.45) is -0.685. The van der Waals surface area contributed by atoms with Gasteiger partial charge < -0.3 is 10.1 Å². The van der Waals surface area contributed by atoms with Crippen LogP contribution in [0.15, 0.2) is 48.5 Å². The lowest BCUT2D eigenvalue weighted by Gasteiger charge is -2.29. The molecule has 0 aromatic heterocycles. The summed E-state index contributed by atoms with van der Waals surface area (Å²) >= 11 is 0. The number of nitrogens with zero attached hydrogens (tertiary/aromatic N) is 1. The predicted molar refractivity (Wildman–Crippen MR) is 124 cm³/mol. The van der Waals surface area contributed by atoms with Gasteiger partial charge in [-0.15, -0.1) is 0 Å². The van der Waals surface area contributed by atoms with E-state index in [0.717, 1.165) is 16.7 Å². The quantitative estimate of drug-likeness (QED) is 0.743. The van der Waals surface area contributed by atoms with Crippen molar-refractivity contribution in [3.8, 4) is 11.1 Å². The number of carbonyl (C=O) groups excluding carboxylic acids is 3. The first kappa shape index (κ1) is 23.3. The van der Waals surface area contributed by atoms with Gasteiger partial charge >= 0.3 is 6.09 Å². The number of rotatable bonds is 4. The van der Waals surface area contributed by atoms with E-state index in [2.05, 4.69) is 10.7 Å². The summed E-state index contributed by atoms with van der Waals surface area (Å²) in [5.41, 5.74) is 5.35. The number of carbonyl (C=O) groups is 3. The van der Waals surface area contributed by atoms with E-state index >= 15 is 0 Å². The molecule has 2 N–H and O–H groups in total. The van der Waals surface area contributed by atoms with Gasteiger partial charge in [0, 0.05) is 5.56 Å². The number of hydrogen-bond acceptors (Lipinski definition) is 4. The van der Waals surface area contributed by atoms with Gasteiger partial charge in [0.1, 0.15) is 11.6 Å². The Kier molecular flexibility index (Phi) is 6.57. The highest BCUT2D eigenvalue weighted by molar-refractivity contribution is 6.06. The fourth-order valence-electron chi connectivity index (χ4n) is 3.73. The zero-order valence-corrected chi connectivity index (χ0v) is 19.4. The zero-order valence-electron chi connectivity index (χ0n) is 19.4. The molecule has 0 aliphatic carbocycles. The summed E-state index contributed by atoms with van der Waals surface area (Å²) in [5, 5.41) is 3.93. The van der Waals surface area contributed by atoms with Gasteiger partial charge in [-0.3, -0.25) is 15.0 Å². The average molecular weight is 438 g/mol. The summed E-state index contributed by atoms with van der Waals surface area (Å²) in [4.78, 5) is 38.9. The number of fused-ring (bicyclic) bond motifs is 3. The number of para-hydroxylation sites is 1. The largest absolute Gasteiger partial charge is 0.444 e. The molecular weight excluding hydrogens is 406 g/mol. The Balaban J connectivity index is 1.92. The fourth-order valence-corrected chi connectivity index (χ4v) is 3.73. The molecule has 3 rings (SSSR count). The summed E-state index contributed by atoms with van der Waals surface area (Å²) in [6, 6.07) is 14.3. The van der Waals surface area contributed by atoms with Crippen LogP contribution < -0.4 is 15.8 Å². The molecule has 0 unspecified atom stereocenters. The van der Waals surface area contributed by atoms with Crippen LogP contribution in [0.25, 0.3) is 11.1 Å². The normalized spacial score (nSPS) is 16.5. The molecule has 2 atom stereocenters. The Morgan fingerprint density at radius 3 is 2.22 bits per heavy atom. The third kappa shape index (κ3) is 4.93. The molecule has 0 spiro atoms. The van der Waals surface area contributed by atoms with E-state index in [9.17, 15) is 14.4 Å². The minimum atomic E-state index is -0.884. The standard InChI is InChI=1S/C25H31N3O4/c1-15(2)21(26-24(31)32-25(4,5)6)22(29)27-28-20-14-10-9-13-19(20)18-12-8-7-11-17(18)16(3)23(28)30/h7-16,21H,1-6H3,(H,26,31)(H,27,29)/t16-,21+/m1/s1. The molecule has 170 valence electrons. The van der Waals surface area contributed by atoms with Gasteiger partial charge in [-0.25, -0.2) is 9.80 Å². The fraction of sp³-hybridized carbons (Fsp3) is 0.400. The Hall–Kier alpha value is -3.35. The van der Waals surface area contributed by atoms with Gasteiger partial charge in [-0.2, -0.15) is 0 Å². The maximum absolute atomic E-state index is 13.4. The summed E-state index contributed by atoms with van der Waals surface area (Å²) in [5.74, 6) is -1.44. The highest BCUT2D eigenvalue weighted by atomic mass is 16.6. The smallest absolute Gasteiger partial charge is 0.408 e. The van der Waals surface area contributed by atoms with Crippen LogP contribution in [0, 0.1) is 5.92 Å². The third-order valence-corrected chi connectivity index (χ3v) is 5.30. The second-order valence-corrected chi connectivity index (χ2v) is 9.34. The van der Waals surface area contributed by atoms with Crippen molar-refractivity contribution < 1.29 is 19.1 Å². The van der Waals surface area contributed by atoms with Crippen LogP contribution in [0.5, 0.6) is 0 Å². The van der Waals surface area contributed by atoms with E-state index in [0.29, 0.717) is 5.69 Å². The van der Waals surface area contributed by atoms with Crippen LogP contribution in [0.3, 0.4) is 0 Å². The lowest BCUT2D eigenvalue weighted by Crippen LogP contribution is -2.57. The molecule has 2 aromatic rings.